The number of nitrogens with two attached hydrogens (primary N) is 1. The Kier molecular flexibility index (Phi) is 5.15. The molecule has 0 amide bonds. The number of halogens is 2. The fraction of sp³-hybridized carbons (Fsp3) is 0.231. The lowest BCUT2D eigenvalue weighted by Gasteiger charge is -2.11. The van der Waals surface area contributed by atoms with Gasteiger partial charge in [0.15, 0.2) is 0 Å². The summed E-state index contributed by atoms with van der Waals surface area (Å²) in [6.45, 7) is 1.68. The first-order valence-electron chi connectivity index (χ1n) is 6.06. The van der Waals surface area contributed by atoms with Crippen LogP contribution >= 0.6 is 27.3 Å². The van der Waals surface area contributed by atoms with E-state index in [0.717, 1.165) is 8.66 Å². The van der Waals surface area contributed by atoms with Crippen LogP contribution in [-0.2, 0) is 23.1 Å². The number of rotatable bonds is 5. The molecule has 0 fully saturated rings. The summed E-state index contributed by atoms with van der Waals surface area (Å²) in [6.07, 6.45) is 0. The molecule has 0 radical (unpaired) electrons. The Morgan fingerprint density at radius 3 is 2.67 bits per heavy atom. The average Bonchev–Trinajstić information content (AvgIpc) is 2.85. The molecule has 2 aromatic rings. The van der Waals surface area contributed by atoms with Gasteiger partial charge in [0.05, 0.1) is 8.68 Å². The molecule has 4 nitrogen and oxygen atoms in total. The van der Waals surface area contributed by atoms with Crippen LogP contribution in [0.5, 0.6) is 0 Å². The Labute approximate surface area is 135 Å². The lowest BCUT2D eigenvalue weighted by molar-refractivity contribution is 0.574. The third-order valence-corrected chi connectivity index (χ3v) is 6.10. The predicted molar refractivity (Wildman–Crippen MR) is 85.1 cm³/mol. The van der Waals surface area contributed by atoms with Gasteiger partial charge in [0.1, 0.15) is 5.82 Å². The quantitative estimate of drug-likeness (QED) is 0.821. The highest BCUT2D eigenvalue weighted by molar-refractivity contribution is 9.11. The maximum Gasteiger partial charge on any atom is 0.241 e. The van der Waals surface area contributed by atoms with Gasteiger partial charge in [-0.2, -0.15) is 0 Å². The summed E-state index contributed by atoms with van der Waals surface area (Å²) in [5.74, 6) is -0.572. The molecule has 21 heavy (non-hydrogen) atoms. The van der Waals surface area contributed by atoms with Crippen molar-refractivity contribution in [1.82, 2.24) is 4.72 Å². The molecule has 0 aliphatic rings. The van der Waals surface area contributed by atoms with Crippen LogP contribution in [0.2, 0.25) is 0 Å². The van der Waals surface area contributed by atoms with Crippen molar-refractivity contribution in [1.29, 1.82) is 0 Å². The molecular weight excluding hydrogens is 379 g/mol. The molecule has 1 aromatic heterocycles. The smallest absolute Gasteiger partial charge is 0.241 e. The highest BCUT2D eigenvalue weighted by atomic mass is 79.9. The predicted octanol–water partition coefficient (Wildman–Crippen LogP) is 2.90. The van der Waals surface area contributed by atoms with Gasteiger partial charge >= 0.3 is 0 Å². The molecule has 2 rings (SSSR count). The zero-order chi connectivity index (χ0) is 15.6. The molecule has 8 heteroatoms. The first-order valence-corrected chi connectivity index (χ1v) is 9.15. The van der Waals surface area contributed by atoms with E-state index in [1.54, 1.807) is 0 Å². The molecule has 1 aromatic carbocycles. The van der Waals surface area contributed by atoms with E-state index in [9.17, 15) is 12.8 Å². The summed E-state index contributed by atoms with van der Waals surface area (Å²) in [4.78, 5) is 0.789. The maximum atomic E-state index is 13.8. The maximum absolute atomic E-state index is 13.8. The molecular formula is C13H14BrFN2O2S2. The lowest BCUT2D eigenvalue weighted by Crippen LogP contribution is -2.24. The Bertz CT molecular complexity index is 760. The van der Waals surface area contributed by atoms with Crippen molar-refractivity contribution in [2.24, 2.45) is 5.73 Å². The van der Waals surface area contributed by atoms with Gasteiger partial charge in [0.2, 0.25) is 10.0 Å². The monoisotopic (exact) mass is 392 g/mol. The van der Waals surface area contributed by atoms with Crippen molar-refractivity contribution in [3.05, 3.63) is 49.9 Å². The Morgan fingerprint density at radius 1 is 1.38 bits per heavy atom. The molecule has 1 heterocycles. The van der Waals surface area contributed by atoms with Gasteiger partial charge in [-0.25, -0.2) is 17.5 Å². The minimum absolute atomic E-state index is 0.0708. The zero-order valence-electron chi connectivity index (χ0n) is 11.2. The van der Waals surface area contributed by atoms with Crippen molar-refractivity contribution in [2.75, 3.05) is 0 Å². The molecule has 114 valence electrons. The number of nitrogens with one attached hydrogen (secondary N) is 1. The number of benzene rings is 1. The highest BCUT2D eigenvalue weighted by Gasteiger charge is 2.20. The van der Waals surface area contributed by atoms with Crippen molar-refractivity contribution >= 4 is 37.3 Å². The summed E-state index contributed by atoms with van der Waals surface area (Å²) < 4.78 is 41.8. The van der Waals surface area contributed by atoms with Crippen LogP contribution in [0.15, 0.2) is 32.9 Å². The molecule has 0 saturated heterocycles. The van der Waals surface area contributed by atoms with E-state index in [2.05, 4.69) is 20.7 Å². The molecule has 0 bridgehead atoms. The second-order valence-corrected chi connectivity index (χ2v) is 8.72. The third kappa shape index (κ3) is 3.89. The first kappa shape index (κ1) is 16.6. The van der Waals surface area contributed by atoms with Crippen LogP contribution in [0.3, 0.4) is 0 Å². The number of thiophene rings is 1. The van der Waals surface area contributed by atoms with E-state index in [4.69, 9.17) is 5.73 Å². The third-order valence-electron chi connectivity index (χ3n) is 2.95. The van der Waals surface area contributed by atoms with Crippen LogP contribution in [0, 0.1) is 12.7 Å². The van der Waals surface area contributed by atoms with Crippen LogP contribution in [0.25, 0.3) is 0 Å². The topological polar surface area (TPSA) is 72.2 Å². The van der Waals surface area contributed by atoms with Crippen molar-refractivity contribution in [2.45, 2.75) is 24.9 Å². The first-order chi connectivity index (χ1) is 9.83. The molecule has 0 saturated carbocycles. The molecule has 0 unspecified atom stereocenters. The minimum Gasteiger partial charge on any atom is -0.326 e. The standard InChI is InChI=1S/C13H14BrFN2O2S2/c1-8-11(15)4-9(6-16)5-12(8)21(18,19)17-7-10-2-3-13(14)20-10/h2-5,17H,6-7,16H2,1H3. The largest absolute Gasteiger partial charge is 0.326 e. The van der Waals surface area contributed by atoms with Crippen LogP contribution in [-0.4, -0.2) is 8.42 Å². The molecule has 0 aliphatic carbocycles. The van der Waals surface area contributed by atoms with E-state index >= 15 is 0 Å². The Morgan fingerprint density at radius 2 is 2.10 bits per heavy atom. The van der Waals surface area contributed by atoms with E-state index in [1.807, 2.05) is 12.1 Å². The summed E-state index contributed by atoms with van der Waals surface area (Å²) in [7, 11) is -3.79. The second kappa shape index (κ2) is 6.53. The van der Waals surface area contributed by atoms with E-state index < -0.39 is 15.8 Å². The SMILES string of the molecule is Cc1c(F)cc(CN)cc1S(=O)(=O)NCc1ccc(Br)s1. The number of hydrogen-bond acceptors (Lipinski definition) is 4. The highest BCUT2D eigenvalue weighted by Crippen LogP contribution is 2.24. The summed E-state index contributed by atoms with van der Waals surface area (Å²) in [5, 5.41) is 0. The van der Waals surface area contributed by atoms with Gasteiger partial charge in [0, 0.05) is 23.5 Å². The van der Waals surface area contributed by atoms with Crippen LogP contribution < -0.4 is 10.5 Å². The van der Waals surface area contributed by atoms with Gasteiger partial charge in [-0.3, -0.25) is 0 Å². The van der Waals surface area contributed by atoms with E-state index in [0.29, 0.717) is 5.56 Å². The summed E-state index contributed by atoms with van der Waals surface area (Å²) in [6, 6.07) is 6.32. The van der Waals surface area contributed by atoms with Gasteiger partial charge in [0.25, 0.3) is 0 Å². The summed E-state index contributed by atoms with van der Waals surface area (Å²) in [5.41, 5.74) is 6.00. The normalized spacial score (nSPS) is 11.8. The van der Waals surface area contributed by atoms with Crippen molar-refractivity contribution in [3.8, 4) is 0 Å². The van der Waals surface area contributed by atoms with E-state index in [-0.39, 0.29) is 23.5 Å². The van der Waals surface area contributed by atoms with Gasteiger partial charge < -0.3 is 5.73 Å². The van der Waals surface area contributed by atoms with Crippen molar-refractivity contribution < 1.29 is 12.8 Å². The Balaban J connectivity index is 2.29. The van der Waals surface area contributed by atoms with Crippen LogP contribution in [0.1, 0.15) is 16.0 Å². The number of hydrogen-bond donors (Lipinski definition) is 2. The molecule has 0 atom stereocenters. The van der Waals surface area contributed by atoms with Crippen molar-refractivity contribution in [3.63, 3.8) is 0 Å². The molecule has 0 aliphatic heterocycles. The fourth-order valence-electron chi connectivity index (χ4n) is 1.79. The van der Waals surface area contributed by atoms with E-state index in [1.165, 1.54) is 30.4 Å². The number of sulfonamides is 1. The van der Waals surface area contributed by atoms with Gasteiger partial charge in [-0.1, -0.05) is 0 Å². The van der Waals surface area contributed by atoms with Gasteiger partial charge in [-0.15, -0.1) is 11.3 Å². The minimum atomic E-state index is -3.79. The Hall–Kier alpha value is -0.800. The lowest BCUT2D eigenvalue weighted by atomic mass is 10.1. The second-order valence-electron chi connectivity index (χ2n) is 4.44. The average molecular weight is 393 g/mol. The zero-order valence-corrected chi connectivity index (χ0v) is 14.4. The summed E-state index contributed by atoms with van der Waals surface area (Å²) >= 11 is 4.75. The molecule has 0 spiro atoms. The van der Waals surface area contributed by atoms with Gasteiger partial charge in [-0.05, 0) is 52.7 Å². The van der Waals surface area contributed by atoms with Crippen LogP contribution in [0.4, 0.5) is 4.39 Å². The fourth-order valence-corrected chi connectivity index (χ4v) is 4.62. The molecule has 3 N–H and O–H groups in total.